The van der Waals surface area contributed by atoms with Crippen LogP contribution in [0.15, 0.2) is 54.9 Å². The van der Waals surface area contributed by atoms with Gasteiger partial charge in [-0.3, -0.25) is 0 Å². The number of ether oxygens (including phenoxy) is 2. The predicted octanol–water partition coefficient (Wildman–Crippen LogP) is 3.81. The summed E-state index contributed by atoms with van der Waals surface area (Å²) in [4.78, 5) is 11.4. The summed E-state index contributed by atoms with van der Waals surface area (Å²) in [5.41, 5.74) is 11.8. The molecule has 0 saturated carbocycles. The molecule has 0 amide bonds. The minimum absolute atomic E-state index is 0.479. The molecule has 0 spiro atoms. The quantitative estimate of drug-likeness (QED) is 0.465. The van der Waals surface area contributed by atoms with E-state index in [1.165, 1.54) is 0 Å². The van der Waals surface area contributed by atoms with Gasteiger partial charge in [0.05, 0.1) is 43.1 Å². The zero-order chi connectivity index (χ0) is 22.1. The summed E-state index contributed by atoms with van der Waals surface area (Å²) < 4.78 is 13.2. The van der Waals surface area contributed by atoms with Gasteiger partial charge in [0.15, 0.2) is 0 Å². The Morgan fingerprint density at radius 2 is 1.94 bits per heavy atom. The van der Waals surface area contributed by atoms with Gasteiger partial charge in [-0.05, 0) is 18.2 Å². The lowest BCUT2D eigenvalue weighted by atomic mass is 10.1. The number of methoxy groups -OCH3 is 1. The Morgan fingerprint density at radius 3 is 2.75 bits per heavy atom. The van der Waals surface area contributed by atoms with Gasteiger partial charge in [-0.25, -0.2) is 9.97 Å². The molecule has 0 bridgehead atoms. The maximum Gasteiger partial charge on any atom is 0.227 e. The molecule has 2 aromatic heterocycles. The van der Waals surface area contributed by atoms with E-state index in [1.54, 1.807) is 13.3 Å². The Labute approximate surface area is 186 Å². The number of para-hydroxylation sites is 1. The molecule has 1 aliphatic heterocycles. The normalized spacial score (nSPS) is 14.0. The third-order valence-electron chi connectivity index (χ3n) is 5.78. The molecule has 2 aromatic carbocycles. The minimum atomic E-state index is 0.479. The summed E-state index contributed by atoms with van der Waals surface area (Å²) in [5, 5.41) is 4.43. The van der Waals surface area contributed by atoms with E-state index in [4.69, 9.17) is 20.2 Å². The van der Waals surface area contributed by atoms with E-state index in [1.807, 2.05) is 37.4 Å². The number of aryl methyl sites for hydroxylation is 1. The van der Waals surface area contributed by atoms with Crippen molar-refractivity contribution >= 4 is 33.9 Å². The highest BCUT2D eigenvalue weighted by Gasteiger charge is 2.18. The van der Waals surface area contributed by atoms with Crippen molar-refractivity contribution in [3.63, 3.8) is 0 Å². The lowest BCUT2D eigenvalue weighted by Crippen LogP contribution is -2.36. The van der Waals surface area contributed by atoms with Gasteiger partial charge in [0, 0.05) is 55.1 Å². The first-order valence-electron chi connectivity index (χ1n) is 10.6. The number of hydrogen-bond donors (Lipinski definition) is 2. The maximum atomic E-state index is 6.39. The lowest BCUT2D eigenvalue weighted by molar-refractivity contribution is 0.123. The molecule has 1 aliphatic rings. The standard InChI is InChI=1S/C24H26N6O2/c1-29-15-17(16-5-3-4-6-21(16)29)19-7-8-26-24(27-19)28-20-13-18(25)22(14-23(20)31-2)30-9-11-32-12-10-30/h3-8,13-15H,9-12,25H2,1-2H3,(H,26,27,28). The molecular weight excluding hydrogens is 404 g/mol. The highest BCUT2D eigenvalue weighted by atomic mass is 16.5. The van der Waals surface area contributed by atoms with Gasteiger partial charge >= 0.3 is 0 Å². The molecule has 1 saturated heterocycles. The minimum Gasteiger partial charge on any atom is -0.494 e. The molecule has 8 heteroatoms. The molecule has 4 aromatic rings. The second-order valence-corrected chi connectivity index (χ2v) is 7.77. The molecular formula is C24H26N6O2. The molecule has 3 heterocycles. The number of nitrogens with one attached hydrogen (secondary N) is 1. The van der Waals surface area contributed by atoms with Crippen LogP contribution < -0.4 is 20.7 Å². The molecule has 5 rings (SSSR count). The Kier molecular flexibility index (Phi) is 5.28. The summed E-state index contributed by atoms with van der Waals surface area (Å²) in [7, 11) is 3.68. The first-order valence-corrected chi connectivity index (χ1v) is 10.6. The highest BCUT2D eigenvalue weighted by Crippen LogP contribution is 2.37. The van der Waals surface area contributed by atoms with Crippen LogP contribution in [-0.2, 0) is 11.8 Å². The number of rotatable bonds is 5. The van der Waals surface area contributed by atoms with Gasteiger partial charge in [0.1, 0.15) is 5.75 Å². The predicted molar refractivity (Wildman–Crippen MR) is 128 cm³/mol. The number of fused-ring (bicyclic) bond motifs is 1. The first-order chi connectivity index (χ1) is 15.6. The summed E-state index contributed by atoms with van der Waals surface area (Å²) in [6.45, 7) is 2.99. The van der Waals surface area contributed by atoms with Crippen LogP contribution in [0.2, 0.25) is 0 Å². The van der Waals surface area contributed by atoms with Crippen molar-refractivity contribution in [1.82, 2.24) is 14.5 Å². The van der Waals surface area contributed by atoms with E-state index in [2.05, 4.69) is 38.1 Å². The molecule has 0 aliphatic carbocycles. The molecule has 0 unspecified atom stereocenters. The van der Waals surface area contributed by atoms with Crippen LogP contribution in [0.1, 0.15) is 0 Å². The second-order valence-electron chi connectivity index (χ2n) is 7.77. The Balaban J connectivity index is 1.47. The fourth-order valence-corrected chi connectivity index (χ4v) is 4.17. The van der Waals surface area contributed by atoms with Crippen LogP contribution in [-0.4, -0.2) is 47.9 Å². The largest absolute Gasteiger partial charge is 0.494 e. The smallest absolute Gasteiger partial charge is 0.227 e. The lowest BCUT2D eigenvalue weighted by Gasteiger charge is -2.30. The van der Waals surface area contributed by atoms with Crippen molar-refractivity contribution in [3.05, 3.63) is 54.9 Å². The first kappa shape index (κ1) is 20.1. The van der Waals surface area contributed by atoms with E-state index >= 15 is 0 Å². The molecule has 0 atom stereocenters. The Morgan fingerprint density at radius 1 is 1.12 bits per heavy atom. The number of nitrogen functional groups attached to an aromatic ring is 1. The highest BCUT2D eigenvalue weighted by molar-refractivity contribution is 5.95. The van der Waals surface area contributed by atoms with E-state index in [-0.39, 0.29) is 0 Å². The van der Waals surface area contributed by atoms with Gasteiger partial charge in [0.2, 0.25) is 5.95 Å². The zero-order valence-electron chi connectivity index (χ0n) is 18.2. The van der Waals surface area contributed by atoms with Crippen LogP contribution in [0.4, 0.5) is 23.0 Å². The molecule has 32 heavy (non-hydrogen) atoms. The summed E-state index contributed by atoms with van der Waals surface area (Å²) >= 11 is 0. The number of hydrogen-bond acceptors (Lipinski definition) is 7. The van der Waals surface area contributed by atoms with Crippen molar-refractivity contribution in [3.8, 4) is 17.0 Å². The van der Waals surface area contributed by atoms with Crippen LogP contribution in [0.25, 0.3) is 22.2 Å². The number of anilines is 4. The van der Waals surface area contributed by atoms with Gasteiger partial charge in [-0.1, -0.05) is 18.2 Å². The van der Waals surface area contributed by atoms with E-state index in [0.717, 1.165) is 46.6 Å². The topological polar surface area (TPSA) is 90.5 Å². The van der Waals surface area contributed by atoms with E-state index in [0.29, 0.717) is 30.6 Å². The fourth-order valence-electron chi connectivity index (χ4n) is 4.17. The van der Waals surface area contributed by atoms with Gasteiger partial charge in [-0.15, -0.1) is 0 Å². The van der Waals surface area contributed by atoms with Gasteiger partial charge in [-0.2, -0.15) is 0 Å². The van der Waals surface area contributed by atoms with Crippen molar-refractivity contribution < 1.29 is 9.47 Å². The average Bonchev–Trinajstić information content (AvgIpc) is 3.17. The second kappa shape index (κ2) is 8.39. The Hall–Kier alpha value is -3.78. The van der Waals surface area contributed by atoms with E-state index in [9.17, 15) is 0 Å². The molecule has 1 fully saturated rings. The third-order valence-corrected chi connectivity index (χ3v) is 5.78. The van der Waals surface area contributed by atoms with Crippen molar-refractivity contribution in [2.75, 3.05) is 49.4 Å². The molecule has 3 N–H and O–H groups in total. The number of benzene rings is 2. The maximum absolute atomic E-state index is 6.39. The van der Waals surface area contributed by atoms with E-state index < -0.39 is 0 Å². The molecule has 8 nitrogen and oxygen atoms in total. The average molecular weight is 431 g/mol. The van der Waals surface area contributed by atoms with Crippen LogP contribution >= 0.6 is 0 Å². The Bertz CT molecular complexity index is 1260. The zero-order valence-corrected chi connectivity index (χ0v) is 18.2. The fraction of sp³-hybridized carbons (Fsp3) is 0.250. The number of nitrogens with two attached hydrogens (primary N) is 1. The van der Waals surface area contributed by atoms with Crippen molar-refractivity contribution in [1.29, 1.82) is 0 Å². The van der Waals surface area contributed by atoms with Crippen LogP contribution in [0.5, 0.6) is 5.75 Å². The van der Waals surface area contributed by atoms with Gasteiger partial charge in [0.25, 0.3) is 0 Å². The monoisotopic (exact) mass is 430 g/mol. The van der Waals surface area contributed by atoms with Crippen molar-refractivity contribution in [2.24, 2.45) is 7.05 Å². The molecule has 0 radical (unpaired) electrons. The number of aromatic nitrogens is 3. The van der Waals surface area contributed by atoms with Crippen LogP contribution in [0, 0.1) is 0 Å². The SMILES string of the molecule is COc1cc(N2CCOCC2)c(N)cc1Nc1nccc(-c2cn(C)c3ccccc23)n1. The third kappa shape index (κ3) is 3.69. The molecule has 164 valence electrons. The number of morpholine rings is 1. The van der Waals surface area contributed by atoms with Gasteiger partial charge < -0.3 is 30.0 Å². The number of nitrogens with zero attached hydrogens (tertiary/aromatic N) is 4. The van der Waals surface area contributed by atoms with Crippen molar-refractivity contribution in [2.45, 2.75) is 0 Å². The summed E-state index contributed by atoms with van der Waals surface area (Å²) in [5.74, 6) is 1.16. The summed E-state index contributed by atoms with van der Waals surface area (Å²) in [6.07, 6.45) is 3.84. The van der Waals surface area contributed by atoms with Crippen LogP contribution in [0.3, 0.4) is 0 Å². The summed E-state index contributed by atoms with van der Waals surface area (Å²) in [6, 6.07) is 14.0.